The van der Waals surface area contributed by atoms with Gasteiger partial charge in [-0.15, -0.1) is 0 Å². The molecule has 0 aliphatic carbocycles. The van der Waals surface area contributed by atoms with Crippen LogP contribution in [0.2, 0.25) is 10.0 Å². The number of nitrogens with one attached hydrogen (secondary N) is 1. The molecule has 144 valence electrons. The Balaban J connectivity index is 2.09. The molecule has 0 aromatic heterocycles. The average Bonchev–Trinajstić information content (AvgIpc) is 2.58. The van der Waals surface area contributed by atoms with Crippen molar-refractivity contribution in [3.63, 3.8) is 0 Å². The maximum atomic E-state index is 12.2. The first kappa shape index (κ1) is 21.0. The predicted molar refractivity (Wildman–Crippen MR) is 102 cm³/mol. The van der Waals surface area contributed by atoms with E-state index in [9.17, 15) is 19.8 Å². The lowest BCUT2D eigenvalue weighted by Crippen LogP contribution is -2.38. The fraction of sp³-hybridized carbons (Fsp3) is 0.263. The third-order valence-corrected chi connectivity index (χ3v) is 4.60. The van der Waals surface area contributed by atoms with Gasteiger partial charge in [-0.3, -0.25) is 9.59 Å². The molecule has 0 radical (unpaired) electrons. The molecule has 2 atom stereocenters. The highest BCUT2D eigenvalue weighted by atomic mass is 35.5. The Hall–Kier alpha value is -2.28. The van der Waals surface area contributed by atoms with Gasteiger partial charge in [-0.2, -0.15) is 0 Å². The molecule has 0 fully saturated rings. The molecule has 2 rings (SSSR count). The van der Waals surface area contributed by atoms with E-state index in [1.54, 1.807) is 24.3 Å². The van der Waals surface area contributed by atoms with Crippen molar-refractivity contribution in [1.29, 1.82) is 0 Å². The number of aliphatic hydroxyl groups excluding tert-OH is 1. The van der Waals surface area contributed by atoms with Crippen molar-refractivity contribution in [3.8, 4) is 5.75 Å². The van der Waals surface area contributed by atoms with Gasteiger partial charge < -0.3 is 20.6 Å². The average molecular weight is 412 g/mol. The van der Waals surface area contributed by atoms with E-state index in [1.165, 1.54) is 19.1 Å². The Morgan fingerprint density at radius 1 is 1.15 bits per heavy atom. The summed E-state index contributed by atoms with van der Waals surface area (Å²) in [5, 5.41) is 31.1. The molecule has 2 aromatic carbocycles. The second kappa shape index (κ2) is 9.08. The fourth-order valence-electron chi connectivity index (χ4n) is 2.52. The van der Waals surface area contributed by atoms with Gasteiger partial charge in [0.1, 0.15) is 11.8 Å². The van der Waals surface area contributed by atoms with Gasteiger partial charge in [0, 0.05) is 0 Å². The SMILES string of the molecule is C[C@H](NC(=O)c1c(Cl)cc(CCC(O)c2cccc(O)c2)cc1Cl)C(=O)O. The van der Waals surface area contributed by atoms with Crippen LogP contribution in [0.25, 0.3) is 0 Å². The number of phenolic OH excluding ortho intramolecular Hbond substituents is 1. The van der Waals surface area contributed by atoms with Gasteiger partial charge in [-0.05, 0) is 55.2 Å². The molecule has 0 spiro atoms. The molecule has 6 nitrogen and oxygen atoms in total. The summed E-state index contributed by atoms with van der Waals surface area (Å²) in [6, 6.07) is 8.40. The number of rotatable bonds is 7. The number of aliphatic carboxylic acids is 1. The molecule has 0 saturated heterocycles. The standard InChI is InChI=1S/C19H19Cl2NO5/c1-10(19(26)27)22-18(25)17-14(20)7-11(8-15(17)21)5-6-16(24)12-3-2-4-13(23)9-12/h2-4,7-10,16,23-24H,5-6H2,1H3,(H,22,25)(H,26,27)/t10-,16?/m0/s1. The van der Waals surface area contributed by atoms with Crippen molar-refractivity contribution in [3.05, 3.63) is 63.1 Å². The Morgan fingerprint density at radius 3 is 2.33 bits per heavy atom. The van der Waals surface area contributed by atoms with Crippen molar-refractivity contribution >= 4 is 35.1 Å². The lowest BCUT2D eigenvalue weighted by Gasteiger charge is -2.14. The minimum absolute atomic E-state index is 0.00344. The number of hydrogen-bond donors (Lipinski definition) is 4. The van der Waals surface area contributed by atoms with Crippen LogP contribution in [0.4, 0.5) is 0 Å². The number of aromatic hydroxyl groups is 1. The van der Waals surface area contributed by atoms with Gasteiger partial charge >= 0.3 is 5.97 Å². The molecule has 0 bridgehead atoms. The van der Waals surface area contributed by atoms with E-state index in [1.807, 2.05) is 0 Å². The normalized spacial score (nSPS) is 13.0. The zero-order valence-electron chi connectivity index (χ0n) is 14.4. The summed E-state index contributed by atoms with van der Waals surface area (Å²) in [5.74, 6) is -1.78. The van der Waals surface area contributed by atoms with Crippen LogP contribution in [0.1, 0.15) is 40.9 Å². The van der Waals surface area contributed by atoms with Crippen molar-refractivity contribution in [2.45, 2.75) is 31.9 Å². The third-order valence-electron chi connectivity index (χ3n) is 4.01. The van der Waals surface area contributed by atoms with E-state index in [2.05, 4.69) is 5.32 Å². The number of hydrogen-bond acceptors (Lipinski definition) is 4. The first-order chi connectivity index (χ1) is 12.7. The fourth-order valence-corrected chi connectivity index (χ4v) is 3.22. The second-order valence-electron chi connectivity index (χ2n) is 6.12. The van der Waals surface area contributed by atoms with E-state index in [4.69, 9.17) is 28.3 Å². The third kappa shape index (κ3) is 5.60. The minimum atomic E-state index is -1.17. The lowest BCUT2D eigenvalue weighted by molar-refractivity contribution is -0.138. The summed E-state index contributed by atoms with van der Waals surface area (Å²) in [6.07, 6.45) is 0.00975. The molecule has 0 heterocycles. The maximum Gasteiger partial charge on any atom is 0.325 e. The van der Waals surface area contributed by atoms with Crippen LogP contribution in [0.15, 0.2) is 36.4 Å². The summed E-state index contributed by atoms with van der Waals surface area (Å²) in [7, 11) is 0. The van der Waals surface area contributed by atoms with E-state index >= 15 is 0 Å². The molecular formula is C19H19Cl2NO5. The summed E-state index contributed by atoms with van der Waals surface area (Å²) >= 11 is 12.3. The summed E-state index contributed by atoms with van der Waals surface area (Å²) < 4.78 is 0. The summed E-state index contributed by atoms with van der Waals surface area (Å²) in [5.41, 5.74) is 1.31. The number of carbonyl (C=O) groups excluding carboxylic acids is 1. The van der Waals surface area contributed by atoms with E-state index in [0.29, 0.717) is 24.0 Å². The van der Waals surface area contributed by atoms with Crippen molar-refractivity contribution in [1.82, 2.24) is 5.32 Å². The molecule has 1 amide bonds. The number of amides is 1. The largest absolute Gasteiger partial charge is 0.508 e. The molecular weight excluding hydrogens is 393 g/mol. The topological polar surface area (TPSA) is 107 Å². The zero-order chi connectivity index (χ0) is 20.1. The van der Waals surface area contributed by atoms with Gasteiger partial charge in [0.25, 0.3) is 5.91 Å². The Bertz CT molecular complexity index is 833. The monoisotopic (exact) mass is 411 g/mol. The quantitative estimate of drug-likeness (QED) is 0.556. The van der Waals surface area contributed by atoms with Gasteiger partial charge in [0.15, 0.2) is 0 Å². The smallest absolute Gasteiger partial charge is 0.325 e. The number of carboxylic acids is 1. The van der Waals surface area contributed by atoms with Crippen LogP contribution in [0.3, 0.4) is 0 Å². The molecule has 4 N–H and O–H groups in total. The molecule has 27 heavy (non-hydrogen) atoms. The molecule has 1 unspecified atom stereocenters. The second-order valence-corrected chi connectivity index (χ2v) is 6.93. The number of carboxylic acid groups (broad SMARTS) is 1. The molecule has 8 heteroatoms. The Labute approximate surface area is 166 Å². The van der Waals surface area contributed by atoms with E-state index in [-0.39, 0.29) is 21.4 Å². The first-order valence-corrected chi connectivity index (χ1v) is 8.93. The van der Waals surface area contributed by atoms with Crippen LogP contribution in [0, 0.1) is 0 Å². The zero-order valence-corrected chi connectivity index (χ0v) is 16.0. The Morgan fingerprint density at radius 2 is 1.78 bits per heavy atom. The van der Waals surface area contributed by atoms with Crippen molar-refractivity contribution in [2.24, 2.45) is 0 Å². The maximum absolute atomic E-state index is 12.2. The van der Waals surface area contributed by atoms with Crippen LogP contribution < -0.4 is 5.32 Å². The number of carbonyl (C=O) groups is 2. The van der Waals surface area contributed by atoms with Crippen LogP contribution in [-0.2, 0) is 11.2 Å². The predicted octanol–water partition coefficient (Wildman–Crippen LogP) is 3.57. The highest BCUT2D eigenvalue weighted by Crippen LogP contribution is 2.29. The molecule has 0 aliphatic heterocycles. The van der Waals surface area contributed by atoms with E-state index in [0.717, 1.165) is 0 Å². The first-order valence-electron chi connectivity index (χ1n) is 8.17. The molecule has 0 saturated carbocycles. The minimum Gasteiger partial charge on any atom is -0.508 e. The Kier molecular flexibility index (Phi) is 7.07. The lowest BCUT2D eigenvalue weighted by atomic mass is 10.00. The van der Waals surface area contributed by atoms with Crippen LogP contribution in [-0.4, -0.2) is 33.2 Å². The van der Waals surface area contributed by atoms with Gasteiger partial charge in [0.2, 0.25) is 0 Å². The van der Waals surface area contributed by atoms with Gasteiger partial charge in [0.05, 0.1) is 21.7 Å². The number of benzene rings is 2. The van der Waals surface area contributed by atoms with Crippen LogP contribution in [0.5, 0.6) is 5.75 Å². The molecule has 0 aliphatic rings. The summed E-state index contributed by atoms with van der Waals surface area (Å²) in [4.78, 5) is 23.0. The van der Waals surface area contributed by atoms with Crippen molar-refractivity contribution in [2.75, 3.05) is 0 Å². The highest BCUT2D eigenvalue weighted by molar-refractivity contribution is 6.39. The number of phenols is 1. The highest BCUT2D eigenvalue weighted by Gasteiger charge is 2.21. The number of halogens is 2. The van der Waals surface area contributed by atoms with Gasteiger partial charge in [-0.1, -0.05) is 35.3 Å². The molecule has 2 aromatic rings. The van der Waals surface area contributed by atoms with E-state index < -0.39 is 24.0 Å². The van der Waals surface area contributed by atoms with Gasteiger partial charge in [-0.25, -0.2) is 0 Å². The van der Waals surface area contributed by atoms with Crippen molar-refractivity contribution < 1.29 is 24.9 Å². The number of aryl methyl sites for hydroxylation is 1. The number of aliphatic hydroxyl groups is 1. The van der Waals surface area contributed by atoms with Crippen LogP contribution >= 0.6 is 23.2 Å². The summed E-state index contributed by atoms with van der Waals surface area (Å²) in [6.45, 7) is 1.33.